The highest BCUT2D eigenvalue weighted by Crippen LogP contribution is 2.57. The van der Waals surface area contributed by atoms with Crippen molar-refractivity contribution in [3.8, 4) is 11.5 Å². The van der Waals surface area contributed by atoms with Gasteiger partial charge in [0.05, 0.1) is 46.9 Å². The molecule has 4 unspecified atom stereocenters. The van der Waals surface area contributed by atoms with Crippen molar-refractivity contribution >= 4 is 81.8 Å². The Morgan fingerprint density at radius 2 is 0.958 bits per heavy atom. The summed E-state index contributed by atoms with van der Waals surface area (Å²) in [5.41, 5.74) is 4.78. The van der Waals surface area contributed by atoms with Crippen LogP contribution in [0.5, 0.6) is 11.5 Å². The van der Waals surface area contributed by atoms with Crippen molar-refractivity contribution in [2.24, 2.45) is 35.5 Å². The lowest BCUT2D eigenvalue weighted by Gasteiger charge is -2.44. The Hall–Kier alpha value is -3.84. The molecular formula is C32H28Cl4N4O8. The average molecular weight is 738 g/mol. The molecule has 2 heterocycles. The maximum Gasteiger partial charge on any atom is 0.252 e. The van der Waals surface area contributed by atoms with Crippen molar-refractivity contribution in [2.75, 3.05) is 13.2 Å². The van der Waals surface area contributed by atoms with E-state index in [9.17, 15) is 28.8 Å². The van der Waals surface area contributed by atoms with Gasteiger partial charge in [-0.1, -0.05) is 58.6 Å². The van der Waals surface area contributed by atoms with Gasteiger partial charge < -0.3 is 9.47 Å². The summed E-state index contributed by atoms with van der Waals surface area (Å²) in [7, 11) is 0. The molecule has 2 aliphatic heterocycles. The molecule has 1 saturated carbocycles. The first-order valence-electron chi connectivity index (χ1n) is 15.1. The Kier molecular flexibility index (Phi) is 9.89. The summed E-state index contributed by atoms with van der Waals surface area (Å²) in [6.07, 6.45) is 3.77. The molecule has 0 spiro atoms. The fourth-order valence-corrected chi connectivity index (χ4v) is 7.75. The van der Waals surface area contributed by atoms with Crippen LogP contribution in [0.3, 0.4) is 0 Å². The number of ether oxygens (including phenoxy) is 2. The normalized spacial score (nSPS) is 25.3. The number of carbonyl (C=O) groups is 6. The first kappa shape index (κ1) is 34.0. The van der Waals surface area contributed by atoms with Gasteiger partial charge in [0.2, 0.25) is 11.8 Å². The van der Waals surface area contributed by atoms with E-state index in [0.717, 1.165) is 0 Å². The van der Waals surface area contributed by atoms with Gasteiger partial charge in [-0.05, 0) is 49.2 Å². The van der Waals surface area contributed by atoms with Crippen LogP contribution in [0.2, 0.25) is 20.1 Å². The molecule has 2 N–H and O–H groups in total. The van der Waals surface area contributed by atoms with E-state index >= 15 is 0 Å². The number of allylic oxidation sites excluding steroid dienone is 2. The molecule has 3 aliphatic carbocycles. The lowest BCUT2D eigenvalue weighted by atomic mass is 9.54. The summed E-state index contributed by atoms with van der Waals surface area (Å²) in [6.45, 7) is 0.283. The van der Waals surface area contributed by atoms with Gasteiger partial charge in [-0.15, -0.1) is 0 Å². The van der Waals surface area contributed by atoms with Gasteiger partial charge in [0, 0.05) is 34.7 Å². The van der Waals surface area contributed by atoms with Gasteiger partial charge in [-0.3, -0.25) is 39.6 Å². The van der Waals surface area contributed by atoms with Crippen LogP contribution in [-0.2, 0) is 28.8 Å². The standard InChI is InChI=1S/C32H28Cl4N4O8/c33-15-5-9-21(19(35)13-15)47-11-1-3-23(41)37-39-29(43)25-17-7-8-18(26(25)30(39)44)28-27(17)31(45)40(32(28)46)38-24(42)4-2-12-48-22-10-6-16(34)14-20(22)36/h5-10,13-14,17-18,25-28H,1-4,11-12H2,(H,37,41)(H,38,42). The van der Waals surface area contributed by atoms with E-state index in [1.54, 1.807) is 36.4 Å². The summed E-state index contributed by atoms with van der Waals surface area (Å²) in [6, 6.07) is 9.49. The van der Waals surface area contributed by atoms with E-state index in [1.807, 2.05) is 0 Å². The Morgan fingerprint density at radius 3 is 1.29 bits per heavy atom. The number of hydrogen-bond donors (Lipinski definition) is 2. The van der Waals surface area contributed by atoms with Crippen molar-refractivity contribution in [3.05, 3.63) is 68.6 Å². The second-order valence-electron chi connectivity index (χ2n) is 11.8. The molecule has 2 bridgehead atoms. The highest BCUT2D eigenvalue weighted by atomic mass is 35.5. The zero-order chi connectivity index (χ0) is 34.3. The lowest BCUT2D eigenvalue weighted by Crippen LogP contribution is -2.50. The third kappa shape index (κ3) is 6.46. The number of nitrogens with zero attached hydrogens (tertiary/aromatic N) is 2. The number of hydrazine groups is 2. The van der Waals surface area contributed by atoms with Crippen LogP contribution in [0.1, 0.15) is 25.7 Å². The molecule has 6 amide bonds. The van der Waals surface area contributed by atoms with Crippen molar-refractivity contribution in [1.29, 1.82) is 0 Å². The third-order valence-electron chi connectivity index (χ3n) is 8.88. The largest absolute Gasteiger partial charge is 0.492 e. The van der Waals surface area contributed by atoms with Crippen LogP contribution < -0.4 is 20.3 Å². The van der Waals surface area contributed by atoms with E-state index in [4.69, 9.17) is 55.9 Å². The molecule has 3 fully saturated rings. The number of nitrogens with one attached hydrogen (secondary N) is 2. The number of amides is 6. The summed E-state index contributed by atoms with van der Waals surface area (Å²) >= 11 is 23.9. The second-order valence-corrected chi connectivity index (χ2v) is 13.5. The summed E-state index contributed by atoms with van der Waals surface area (Å²) in [4.78, 5) is 79.3. The van der Waals surface area contributed by atoms with Gasteiger partial charge in [-0.25, -0.2) is 0 Å². The molecular weight excluding hydrogens is 710 g/mol. The molecule has 2 aromatic rings. The summed E-state index contributed by atoms with van der Waals surface area (Å²) in [5.74, 6) is -8.24. The molecule has 0 aromatic heterocycles. The monoisotopic (exact) mass is 736 g/mol. The van der Waals surface area contributed by atoms with Gasteiger partial charge in [0.15, 0.2) is 0 Å². The van der Waals surface area contributed by atoms with Crippen LogP contribution in [0.4, 0.5) is 0 Å². The number of hydrogen-bond acceptors (Lipinski definition) is 8. The third-order valence-corrected chi connectivity index (χ3v) is 9.94. The van der Waals surface area contributed by atoms with Crippen LogP contribution in [-0.4, -0.2) is 58.7 Å². The quantitative estimate of drug-likeness (QED) is 0.185. The lowest BCUT2D eigenvalue weighted by molar-refractivity contribution is -0.150. The summed E-state index contributed by atoms with van der Waals surface area (Å²) < 4.78 is 11.2. The Morgan fingerprint density at radius 1 is 0.604 bits per heavy atom. The van der Waals surface area contributed by atoms with Crippen LogP contribution in [0.15, 0.2) is 48.6 Å². The van der Waals surface area contributed by atoms with Crippen LogP contribution >= 0.6 is 46.4 Å². The van der Waals surface area contributed by atoms with Crippen molar-refractivity contribution in [2.45, 2.75) is 25.7 Å². The topological polar surface area (TPSA) is 151 Å². The van der Waals surface area contributed by atoms with E-state index in [2.05, 4.69) is 10.9 Å². The molecule has 48 heavy (non-hydrogen) atoms. The van der Waals surface area contributed by atoms with Gasteiger partial charge in [0.1, 0.15) is 11.5 Å². The average Bonchev–Trinajstić information content (AvgIpc) is 3.46. The molecule has 0 radical (unpaired) electrons. The van der Waals surface area contributed by atoms with Crippen molar-refractivity contribution in [3.63, 3.8) is 0 Å². The Labute approximate surface area is 294 Å². The van der Waals surface area contributed by atoms with Crippen molar-refractivity contribution < 1.29 is 38.2 Å². The van der Waals surface area contributed by atoms with Gasteiger partial charge in [-0.2, -0.15) is 10.0 Å². The minimum atomic E-state index is -0.936. The maximum absolute atomic E-state index is 13.5. The van der Waals surface area contributed by atoms with Crippen molar-refractivity contribution in [1.82, 2.24) is 20.9 Å². The Bertz CT molecular complexity index is 1570. The predicted molar refractivity (Wildman–Crippen MR) is 172 cm³/mol. The molecule has 16 heteroatoms. The highest BCUT2D eigenvalue weighted by molar-refractivity contribution is 6.36. The fourth-order valence-electron chi connectivity index (χ4n) is 6.82. The smallest absolute Gasteiger partial charge is 0.252 e. The zero-order valence-electron chi connectivity index (χ0n) is 25.0. The van der Waals surface area contributed by atoms with Gasteiger partial charge in [0.25, 0.3) is 23.6 Å². The number of benzene rings is 2. The molecule has 4 atom stereocenters. The fraction of sp³-hybridized carbons (Fsp3) is 0.375. The number of imide groups is 2. The second kappa shape index (κ2) is 13.9. The molecule has 2 saturated heterocycles. The van der Waals surface area contributed by atoms with Crippen LogP contribution in [0.25, 0.3) is 0 Å². The number of carbonyl (C=O) groups excluding carboxylic acids is 6. The number of rotatable bonds is 12. The number of halogens is 4. The molecule has 12 nitrogen and oxygen atoms in total. The molecule has 7 rings (SSSR count). The predicted octanol–water partition coefficient (Wildman–Crippen LogP) is 4.40. The van der Waals surface area contributed by atoms with Gasteiger partial charge >= 0.3 is 0 Å². The first-order chi connectivity index (χ1) is 23.0. The first-order valence-corrected chi connectivity index (χ1v) is 16.7. The highest BCUT2D eigenvalue weighted by Gasteiger charge is 2.69. The summed E-state index contributed by atoms with van der Waals surface area (Å²) in [5, 5.41) is 2.95. The minimum Gasteiger partial charge on any atom is -0.492 e. The molecule has 5 aliphatic rings. The zero-order valence-corrected chi connectivity index (χ0v) is 28.0. The minimum absolute atomic E-state index is 0.0550. The van der Waals surface area contributed by atoms with E-state index in [-0.39, 0.29) is 38.9 Å². The van der Waals surface area contributed by atoms with E-state index in [0.29, 0.717) is 41.6 Å². The Balaban J connectivity index is 1.02. The van der Waals surface area contributed by atoms with E-state index < -0.39 is 71.0 Å². The maximum atomic E-state index is 13.5. The van der Waals surface area contributed by atoms with Crippen LogP contribution in [0, 0.1) is 35.5 Å². The molecule has 252 valence electrons. The molecule has 2 aromatic carbocycles. The van der Waals surface area contributed by atoms with E-state index in [1.165, 1.54) is 12.1 Å². The SMILES string of the molecule is O=C(CCCOc1ccc(Cl)cc1Cl)NN1C(=O)C2C3C=CC(C2C1=O)C1C(=O)N(NC(=O)CCCOc2ccc(Cl)cc2Cl)C(=O)C31.